The molecule has 100 valence electrons. The third-order valence-electron chi connectivity index (χ3n) is 2.42. The summed E-state index contributed by atoms with van der Waals surface area (Å²) in [6.45, 7) is 0.455. The third kappa shape index (κ3) is 2.68. The summed E-state index contributed by atoms with van der Waals surface area (Å²) in [5.41, 5.74) is 0.457. The third-order valence-corrected chi connectivity index (χ3v) is 2.42. The van der Waals surface area contributed by atoms with Gasteiger partial charge in [-0.3, -0.25) is 10.1 Å². The summed E-state index contributed by atoms with van der Waals surface area (Å²) in [6, 6.07) is 4.38. The van der Waals surface area contributed by atoms with Gasteiger partial charge in [-0.15, -0.1) is 10.2 Å². The SMILES string of the molecule is CNCc1nnc(-c2ccc([N+](=O)[O-])c(OC)c2)o1. The number of methoxy groups -OCH3 is 1. The van der Waals surface area contributed by atoms with Crippen LogP contribution in [0.15, 0.2) is 22.6 Å². The molecule has 0 aliphatic carbocycles. The topological polar surface area (TPSA) is 103 Å². The molecule has 0 saturated heterocycles. The fraction of sp³-hybridized carbons (Fsp3) is 0.273. The highest BCUT2D eigenvalue weighted by Crippen LogP contribution is 2.31. The minimum Gasteiger partial charge on any atom is -0.490 e. The molecule has 8 heteroatoms. The molecule has 1 heterocycles. The Morgan fingerprint density at radius 2 is 2.26 bits per heavy atom. The van der Waals surface area contributed by atoms with Gasteiger partial charge in [0.1, 0.15) is 0 Å². The van der Waals surface area contributed by atoms with E-state index in [2.05, 4.69) is 15.5 Å². The van der Waals surface area contributed by atoms with Crippen LogP contribution >= 0.6 is 0 Å². The van der Waals surface area contributed by atoms with Gasteiger partial charge in [0.2, 0.25) is 11.8 Å². The van der Waals surface area contributed by atoms with Crippen LogP contribution in [-0.2, 0) is 6.54 Å². The molecule has 0 unspecified atom stereocenters. The minimum atomic E-state index is -0.511. The average Bonchev–Trinajstić information content (AvgIpc) is 2.87. The van der Waals surface area contributed by atoms with Crippen molar-refractivity contribution in [3.63, 3.8) is 0 Å². The summed E-state index contributed by atoms with van der Waals surface area (Å²) in [5, 5.41) is 21.4. The number of aromatic nitrogens is 2. The van der Waals surface area contributed by atoms with Crippen molar-refractivity contribution < 1.29 is 14.1 Å². The zero-order valence-corrected chi connectivity index (χ0v) is 10.4. The lowest BCUT2D eigenvalue weighted by molar-refractivity contribution is -0.385. The highest BCUT2D eigenvalue weighted by Gasteiger charge is 2.17. The Hall–Kier alpha value is -2.48. The maximum atomic E-state index is 10.8. The smallest absolute Gasteiger partial charge is 0.310 e. The van der Waals surface area contributed by atoms with E-state index >= 15 is 0 Å². The molecular formula is C11H12N4O4. The molecule has 0 atom stereocenters. The average molecular weight is 264 g/mol. The normalized spacial score (nSPS) is 10.4. The van der Waals surface area contributed by atoms with E-state index in [4.69, 9.17) is 9.15 Å². The Balaban J connectivity index is 2.36. The first-order valence-corrected chi connectivity index (χ1v) is 5.45. The molecule has 2 rings (SSSR count). The number of hydrogen-bond acceptors (Lipinski definition) is 7. The van der Waals surface area contributed by atoms with Crippen LogP contribution in [0.4, 0.5) is 5.69 Å². The molecular weight excluding hydrogens is 252 g/mol. The first-order valence-electron chi connectivity index (χ1n) is 5.45. The number of hydrogen-bond donors (Lipinski definition) is 1. The second kappa shape index (κ2) is 5.44. The fourth-order valence-corrected chi connectivity index (χ4v) is 1.55. The molecule has 0 fully saturated rings. The molecule has 1 N–H and O–H groups in total. The Kier molecular flexibility index (Phi) is 3.71. The van der Waals surface area contributed by atoms with E-state index in [1.807, 2.05) is 0 Å². The van der Waals surface area contributed by atoms with Crippen LogP contribution in [0.2, 0.25) is 0 Å². The molecule has 2 aromatic rings. The number of nitro groups is 1. The van der Waals surface area contributed by atoms with Crippen LogP contribution in [0.3, 0.4) is 0 Å². The summed E-state index contributed by atoms with van der Waals surface area (Å²) in [6.07, 6.45) is 0. The highest BCUT2D eigenvalue weighted by molar-refractivity contribution is 5.61. The van der Waals surface area contributed by atoms with E-state index in [9.17, 15) is 10.1 Å². The molecule has 1 aromatic carbocycles. The van der Waals surface area contributed by atoms with E-state index in [0.29, 0.717) is 23.9 Å². The number of nitrogens with zero attached hydrogens (tertiary/aromatic N) is 3. The van der Waals surface area contributed by atoms with Gasteiger partial charge in [-0.2, -0.15) is 0 Å². The summed E-state index contributed by atoms with van der Waals surface area (Å²) >= 11 is 0. The van der Waals surface area contributed by atoms with E-state index in [1.165, 1.54) is 25.3 Å². The van der Waals surface area contributed by atoms with Crippen LogP contribution in [0.1, 0.15) is 5.89 Å². The first-order chi connectivity index (χ1) is 9.15. The van der Waals surface area contributed by atoms with Crippen LogP contribution in [0.25, 0.3) is 11.5 Å². The number of benzene rings is 1. The van der Waals surface area contributed by atoms with Gasteiger partial charge < -0.3 is 14.5 Å². The molecule has 0 aliphatic rings. The second-order valence-electron chi connectivity index (χ2n) is 3.68. The maximum absolute atomic E-state index is 10.8. The Morgan fingerprint density at radius 3 is 2.89 bits per heavy atom. The summed E-state index contributed by atoms with van der Waals surface area (Å²) in [4.78, 5) is 10.3. The lowest BCUT2D eigenvalue weighted by Crippen LogP contribution is -2.04. The first kappa shape index (κ1) is 13.0. The minimum absolute atomic E-state index is 0.110. The predicted octanol–water partition coefficient (Wildman–Crippen LogP) is 1.37. The largest absolute Gasteiger partial charge is 0.490 e. The molecule has 0 spiro atoms. The molecule has 1 aromatic heterocycles. The summed E-state index contributed by atoms with van der Waals surface area (Å²) in [5.74, 6) is 0.879. The van der Waals surface area contributed by atoms with Gasteiger partial charge in [0.25, 0.3) is 0 Å². The molecule has 19 heavy (non-hydrogen) atoms. The molecule has 8 nitrogen and oxygen atoms in total. The van der Waals surface area contributed by atoms with Crippen molar-refractivity contribution in [2.24, 2.45) is 0 Å². The summed E-state index contributed by atoms with van der Waals surface area (Å²) in [7, 11) is 3.13. The summed E-state index contributed by atoms with van der Waals surface area (Å²) < 4.78 is 10.4. The van der Waals surface area contributed by atoms with Crippen molar-refractivity contribution in [1.29, 1.82) is 0 Å². The van der Waals surface area contributed by atoms with Crippen molar-refractivity contribution in [2.75, 3.05) is 14.2 Å². The molecule has 0 saturated carbocycles. The van der Waals surface area contributed by atoms with E-state index in [-0.39, 0.29) is 11.4 Å². The quantitative estimate of drug-likeness (QED) is 0.642. The second-order valence-corrected chi connectivity index (χ2v) is 3.68. The van der Waals surface area contributed by atoms with E-state index in [0.717, 1.165) is 0 Å². The highest BCUT2D eigenvalue weighted by atomic mass is 16.6. The standard InChI is InChI=1S/C11H12N4O4/c1-12-6-10-13-14-11(19-10)7-3-4-8(15(16)17)9(5-7)18-2/h3-5,12H,6H2,1-2H3. The van der Waals surface area contributed by atoms with E-state index < -0.39 is 4.92 Å². The van der Waals surface area contributed by atoms with Crippen molar-refractivity contribution in [2.45, 2.75) is 6.54 Å². The van der Waals surface area contributed by atoms with Gasteiger partial charge in [0.15, 0.2) is 5.75 Å². The van der Waals surface area contributed by atoms with Crippen molar-refractivity contribution in [3.8, 4) is 17.2 Å². The van der Waals surface area contributed by atoms with Crippen LogP contribution in [-0.4, -0.2) is 29.3 Å². The zero-order chi connectivity index (χ0) is 13.8. The van der Waals surface area contributed by atoms with Gasteiger partial charge in [-0.25, -0.2) is 0 Å². The molecule has 0 amide bonds. The van der Waals surface area contributed by atoms with Crippen LogP contribution in [0.5, 0.6) is 5.75 Å². The number of nitrogens with one attached hydrogen (secondary N) is 1. The monoisotopic (exact) mass is 264 g/mol. The van der Waals surface area contributed by atoms with Crippen molar-refractivity contribution in [3.05, 3.63) is 34.2 Å². The van der Waals surface area contributed by atoms with Crippen LogP contribution in [0, 0.1) is 10.1 Å². The van der Waals surface area contributed by atoms with E-state index in [1.54, 1.807) is 7.05 Å². The maximum Gasteiger partial charge on any atom is 0.310 e. The van der Waals surface area contributed by atoms with Crippen molar-refractivity contribution in [1.82, 2.24) is 15.5 Å². The van der Waals surface area contributed by atoms with Gasteiger partial charge in [0.05, 0.1) is 18.6 Å². The fourth-order valence-electron chi connectivity index (χ4n) is 1.55. The van der Waals surface area contributed by atoms with Crippen LogP contribution < -0.4 is 10.1 Å². The van der Waals surface area contributed by atoms with Crippen molar-refractivity contribution >= 4 is 5.69 Å². The van der Waals surface area contributed by atoms with Gasteiger partial charge in [-0.1, -0.05) is 0 Å². The Morgan fingerprint density at radius 1 is 1.47 bits per heavy atom. The number of ether oxygens (including phenoxy) is 1. The lowest BCUT2D eigenvalue weighted by atomic mass is 10.2. The Bertz CT molecular complexity index is 596. The van der Waals surface area contributed by atoms with Gasteiger partial charge in [-0.05, 0) is 13.1 Å². The predicted molar refractivity (Wildman–Crippen MR) is 65.7 cm³/mol. The lowest BCUT2D eigenvalue weighted by Gasteiger charge is -2.02. The molecule has 0 aliphatic heterocycles. The number of rotatable bonds is 5. The number of nitro benzene ring substituents is 1. The zero-order valence-electron chi connectivity index (χ0n) is 10.4. The molecule has 0 bridgehead atoms. The molecule has 0 radical (unpaired) electrons. The van der Waals surface area contributed by atoms with Gasteiger partial charge in [0, 0.05) is 17.7 Å². The van der Waals surface area contributed by atoms with Gasteiger partial charge >= 0.3 is 5.69 Å². The Labute approximate surface area is 108 Å².